The number of hydrogen-bond donors (Lipinski definition) is 3. The molecule has 0 aromatic heterocycles. The molecule has 5 atom stereocenters. The second-order valence-corrected chi connectivity index (χ2v) is 13.1. The maximum absolute atomic E-state index is 14.0. The lowest BCUT2D eigenvalue weighted by atomic mass is 9.68. The highest BCUT2D eigenvalue weighted by Crippen LogP contribution is 2.58. The van der Waals surface area contributed by atoms with Crippen LogP contribution in [0.2, 0.25) is 0 Å². The number of hydrogen-bond acceptors (Lipinski definition) is 3. The zero-order chi connectivity index (χ0) is 29.2. The summed E-state index contributed by atoms with van der Waals surface area (Å²) in [6, 6.07) is 24.6. The van der Waals surface area contributed by atoms with Crippen LogP contribution in [0.5, 0.6) is 5.75 Å². The third-order valence-corrected chi connectivity index (χ3v) is 10.5. The Bertz CT molecular complexity index is 1330. The fourth-order valence-electron chi connectivity index (χ4n) is 8.38. The monoisotopic (exact) mass is 552 g/mol. The van der Waals surface area contributed by atoms with E-state index < -0.39 is 10.8 Å². The van der Waals surface area contributed by atoms with Gasteiger partial charge in [0.1, 0.15) is 5.75 Å². The largest absolute Gasteiger partial charge is 0.506 e. The molecule has 41 heavy (non-hydrogen) atoms. The van der Waals surface area contributed by atoms with Crippen molar-refractivity contribution < 1.29 is 9.90 Å². The third-order valence-electron chi connectivity index (χ3n) is 10.5. The molecule has 3 N–H and O–H groups in total. The molecular formula is C37H48N2O2. The zero-order valence-corrected chi connectivity index (χ0v) is 25.5. The Labute approximate surface area is 247 Å². The van der Waals surface area contributed by atoms with Gasteiger partial charge in [-0.15, -0.1) is 0 Å². The van der Waals surface area contributed by atoms with Crippen LogP contribution in [-0.4, -0.2) is 18.1 Å². The first-order chi connectivity index (χ1) is 19.7. The zero-order valence-electron chi connectivity index (χ0n) is 25.5. The van der Waals surface area contributed by atoms with E-state index in [1.807, 2.05) is 25.2 Å². The van der Waals surface area contributed by atoms with Crippen molar-refractivity contribution in [3.05, 3.63) is 89.5 Å². The van der Waals surface area contributed by atoms with E-state index >= 15 is 0 Å². The van der Waals surface area contributed by atoms with E-state index in [0.717, 1.165) is 47.1 Å². The Hall–Kier alpha value is -3.27. The van der Waals surface area contributed by atoms with Gasteiger partial charge in [-0.2, -0.15) is 0 Å². The van der Waals surface area contributed by atoms with Crippen LogP contribution in [0.3, 0.4) is 0 Å². The van der Waals surface area contributed by atoms with E-state index in [1.54, 1.807) is 6.07 Å². The molecule has 5 unspecified atom stereocenters. The fraction of sp³-hybridized carbons (Fsp3) is 0.486. The molecule has 0 aliphatic heterocycles. The molecule has 0 spiro atoms. The molecule has 0 heterocycles. The Morgan fingerprint density at radius 3 is 2.10 bits per heavy atom. The van der Waals surface area contributed by atoms with Gasteiger partial charge in [-0.1, -0.05) is 95.0 Å². The lowest BCUT2D eigenvalue weighted by molar-refractivity contribution is -0.127. The summed E-state index contributed by atoms with van der Waals surface area (Å²) >= 11 is 0. The molecule has 0 saturated heterocycles. The molecular weight excluding hydrogens is 504 g/mol. The summed E-state index contributed by atoms with van der Waals surface area (Å²) in [7, 11) is 1.93. The lowest BCUT2D eigenvalue weighted by Gasteiger charge is -2.37. The van der Waals surface area contributed by atoms with Gasteiger partial charge in [-0.25, -0.2) is 0 Å². The molecule has 2 aliphatic carbocycles. The Morgan fingerprint density at radius 1 is 0.878 bits per heavy atom. The molecule has 3 aromatic rings. The second-order valence-electron chi connectivity index (χ2n) is 13.1. The number of phenols is 1. The van der Waals surface area contributed by atoms with Crippen molar-refractivity contribution in [1.29, 1.82) is 0 Å². The van der Waals surface area contributed by atoms with Gasteiger partial charge in [0.2, 0.25) is 5.91 Å². The van der Waals surface area contributed by atoms with Gasteiger partial charge < -0.3 is 15.7 Å². The van der Waals surface area contributed by atoms with Gasteiger partial charge in [0, 0.05) is 23.6 Å². The number of phenolic OH excluding ortho intramolecular Hbond substituents is 1. The van der Waals surface area contributed by atoms with Crippen LogP contribution in [0, 0.1) is 29.1 Å². The Morgan fingerprint density at radius 2 is 1.49 bits per heavy atom. The quantitative estimate of drug-likeness (QED) is 0.174. The molecule has 3 aromatic carbocycles. The molecule has 2 fully saturated rings. The molecule has 2 bridgehead atoms. The van der Waals surface area contributed by atoms with E-state index in [2.05, 4.69) is 86.9 Å². The number of aromatic hydroxyl groups is 1. The smallest absolute Gasteiger partial charge is 0.230 e. The summed E-state index contributed by atoms with van der Waals surface area (Å²) in [6.07, 6.45) is 8.15. The van der Waals surface area contributed by atoms with Crippen LogP contribution >= 0.6 is 0 Å². The summed E-state index contributed by atoms with van der Waals surface area (Å²) in [6.45, 7) is 8.98. The van der Waals surface area contributed by atoms with E-state index in [0.29, 0.717) is 17.5 Å². The average molecular weight is 553 g/mol. The summed E-state index contributed by atoms with van der Waals surface area (Å²) in [4.78, 5) is 14.0. The SMILES string of the molecule is CCCC1C2CC(CC(C)(C(=O)Nc3cc(C(C)(c4ccccc4)c4cccc(NC)c4)ccc3O)C2)C1CCC. The normalized spacial score (nSPS) is 26.8. The molecule has 4 nitrogen and oxygen atoms in total. The van der Waals surface area contributed by atoms with E-state index in [4.69, 9.17) is 0 Å². The second kappa shape index (κ2) is 11.9. The van der Waals surface area contributed by atoms with Gasteiger partial charge in [-0.3, -0.25) is 4.79 Å². The van der Waals surface area contributed by atoms with Crippen LogP contribution in [-0.2, 0) is 10.2 Å². The molecule has 1 amide bonds. The summed E-state index contributed by atoms with van der Waals surface area (Å²) in [5.41, 5.74) is 3.93. The van der Waals surface area contributed by atoms with E-state index in [1.165, 1.54) is 32.1 Å². The predicted molar refractivity (Wildman–Crippen MR) is 170 cm³/mol. The minimum atomic E-state index is -0.490. The number of carbonyl (C=O) groups is 1. The van der Waals surface area contributed by atoms with Gasteiger partial charge >= 0.3 is 0 Å². The molecule has 0 radical (unpaired) electrons. The molecule has 5 rings (SSSR count). The minimum absolute atomic E-state index is 0.0469. The average Bonchev–Trinajstić information content (AvgIpc) is 3.23. The van der Waals surface area contributed by atoms with Crippen molar-refractivity contribution in [3.8, 4) is 5.75 Å². The van der Waals surface area contributed by atoms with Gasteiger partial charge in [0.05, 0.1) is 5.69 Å². The van der Waals surface area contributed by atoms with Crippen molar-refractivity contribution in [3.63, 3.8) is 0 Å². The highest BCUT2D eigenvalue weighted by molar-refractivity contribution is 5.96. The van der Waals surface area contributed by atoms with Crippen molar-refractivity contribution in [1.82, 2.24) is 0 Å². The minimum Gasteiger partial charge on any atom is -0.506 e. The Kier molecular flexibility index (Phi) is 8.50. The van der Waals surface area contributed by atoms with Crippen LogP contribution in [0.15, 0.2) is 72.8 Å². The molecule has 4 heteroatoms. The summed E-state index contributed by atoms with van der Waals surface area (Å²) in [5.74, 6) is 2.90. The molecule has 218 valence electrons. The first kappa shape index (κ1) is 29.2. The van der Waals surface area contributed by atoms with Crippen LogP contribution in [0.1, 0.15) is 89.3 Å². The number of amides is 1. The van der Waals surface area contributed by atoms with E-state index in [9.17, 15) is 9.90 Å². The number of benzene rings is 3. The fourth-order valence-corrected chi connectivity index (χ4v) is 8.38. The van der Waals surface area contributed by atoms with E-state index in [-0.39, 0.29) is 11.7 Å². The van der Waals surface area contributed by atoms with Crippen molar-refractivity contribution in [2.45, 2.75) is 78.1 Å². The summed E-state index contributed by atoms with van der Waals surface area (Å²) < 4.78 is 0. The third kappa shape index (κ3) is 5.50. The maximum Gasteiger partial charge on any atom is 0.230 e. The van der Waals surface area contributed by atoms with Crippen LogP contribution in [0.4, 0.5) is 11.4 Å². The van der Waals surface area contributed by atoms with Gasteiger partial charge in [0.25, 0.3) is 0 Å². The number of rotatable bonds is 10. The highest BCUT2D eigenvalue weighted by atomic mass is 16.3. The first-order valence-corrected chi connectivity index (χ1v) is 15.7. The lowest BCUT2D eigenvalue weighted by Crippen LogP contribution is -2.39. The standard InChI is InChI=1S/C37H48N2O2/c1-6-12-31-25-20-26(32(31)13-7-2)24-36(3,23-25)35(41)39-33-22-29(18-19-34(33)40)37(4,27-14-9-8-10-15-27)28-16-11-17-30(21-28)38-5/h8-11,14-19,21-22,25-26,31-32,38,40H,6-7,12-13,20,23-24H2,1-5H3,(H,39,41). The number of fused-ring (bicyclic) bond motifs is 2. The van der Waals surface area contributed by atoms with Crippen molar-refractivity contribution in [2.24, 2.45) is 29.1 Å². The first-order valence-electron chi connectivity index (χ1n) is 15.7. The summed E-state index contributed by atoms with van der Waals surface area (Å²) in [5, 5.41) is 17.5. The predicted octanol–water partition coefficient (Wildman–Crippen LogP) is 9.00. The number of carbonyl (C=O) groups excluding carboxylic acids is 1. The topological polar surface area (TPSA) is 61.4 Å². The number of anilines is 2. The van der Waals surface area contributed by atoms with Crippen LogP contribution in [0.25, 0.3) is 0 Å². The van der Waals surface area contributed by atoms with Crippen molar-refractivity contribution in [2.75, 3.05) is 17.7 Å². The highest BCUT2D eigenvalue weighted by Gasteiger charge is 2.53. The van der Waals surface area contributed by atoms with Crippen molar-refractivity contribution >= 4 is 17.3 Å². The number of nitrogens with one attached hydrogen (secondary N) is 2. The van der Waals surface area contributed by atoms with Gasteiger partial charge in [-0.05, 0) is 90.8 Å². The molecule has 2 aliphatic rings. The van der Waals surface area contributed by atoms with Gasteiger partial charge in [0.15, 0.2) is 0 Å². The maximum atomic E-state index is 14.0. The molecule has 2 saturated carbocycles. The van der Waals surface area contributed by atoms with Crippen LogP contribution < -0.4 is 10.6 Å². The Balaban J connectivity index is 1.47.